The quantitative estimate of drug-likeness (QED) is 0.503. The van der Waals surface area contributed by atoms with Gasteiger partial charge in [-0.25, -0.2) is 4.39 Å². The van der Waals surface area contributed by atoms with Crippen LogP contribution in [0.4, 0.5) is 8.78 Å². The van der Waals surface area contributed by atoms with Crippen LogP contribution in [0.1, 0.15) is 76.7 Å². The molecular formula is C24H32F2O. The summed E-state index contributed by atoms with van der Waals surface area (Å²) in [6.07, 6.45) is 12.0. The van der Waals surface area contributed by atoms with E-state index in [-0.39, 0.29) is 11.7 Å². The molecule has 0 amide bonds. The van der Waals surface area contributed by atoms with E-state index >= 15 is 0 Å². The molecule has 1 aromatic rings. The van der Waals surface area contributed by atoms with E-state index in [0.29, 0.717) is 12.2 Å². The van der Waals surface area contributed by atoms with Gasteiger partial charge in [0.15, 0.2) is 11.6 Å². The maximum absolute atomic E-state index is 14.6. The normalized spacial score (nSPS) is 33.0. The molecule has 1 aromatic carbocycles. The zero-order chi connectivity index (χ0) is 19.0. The number of hydrogen-bond donors (Lipinski definition) is 0. The first kappa shape index (κ1) is 19.0. The summed E-state index contributed by atoms with van der Waals surface area (Å²) in [6, 6.07) is 3.34. The minimum absolute atomic E-state index is 0.0323. The highest BCUT2D eigenvalue weighted by Gasteiger charge is 2.44. The van der Waals surface area contributed by atoms with Gasteiger partial charge in [-0.05, 0) is 99.5 Å². The molecule has 0 N–H and O–H groups in total. The van der Waals surface area contributed by atoms with Crippen molar-refractivity contribution in [3.63, 3.8) is 0 Å². The third kappa shape index (κ3) is 3.43. The van der Waals surface area contributed by atoms with Crippen LogP contribution in [0.5, 0.6) is 5.75 Å². The Bertz CT molecular complexity index is 703. The molecule has 0 spiro atoms. The number of halogens is 2. The summed E-state index contributed by atoms with van der Waals surface area (Å²) in [5, 5.41) is 0. The van der Waals surface area contributed by atoms with Crippen LogP contribution < -0.4 is 4.74 Å². The van der Waals surface area contributed by atoms with E-state index in [0.717, 1.165) is 49.4 Å². The first-order chi connectivity index (χ1) is 13.1. The van der Waals surface area contributed by atoms with Gasteiger partial charge in [0.1, 0.15) is 0 Å². The Balaban J connectivity index is 1.39. The van der Waals surface area contributed by atoms with Crippen molar-refractivity contribution in [1.29, 1.82) is 0 Å². The average molecular weight is 375 g/mol. The number of hydrogen-bond acceptors (Lipinski definition) is 1. The van der Waals surface area contributed by atoms with Gasteiger partial charge in [-0.2, -0.15) is 4.39 Å². The third-order valence-corrected chi connectivity index (χ3v) is 7.61. The summed E-state index contributed by atoms with van der Waals surface area (Å²) >= 11 is 0. The molecule has 0 aliphatic heterocycles. The monoisotopic (exact) mass is 374 g/mol. The maximum Gasteiger partial charge on any atom is 0.200 e. The molecule has 148 valence electrons. The second-order valence-electron chi connectivity index (χ2n) is 8.71. The molecule has 3 atom stereocenters. The fourth-order valence-electron chi connectivity index (χ4n) is 6.32. The first-order valence-corrected chi connectivity index (χ1v) is 10.9. The van der Waals surface area contributed by atoms with Gasteiger partial charge in [0.25, 0.3) is 0 Å². The van der Waals surface area contributed by atoms with Crippen molar-refractivity contribution in [1.82, 2.24) is 0 Å². The van der Waals surface area contributed by atoms with Gasteiger partial charge >= 0.3 is 0 Å². The largest absolute Gasteiger partial charge is 0.491 e. The highest BCUT2D eigenvalue weighted by atomic mass is 19.2. The lowest BCUT2D eigenvalue weighted by atomic mass is 9.70. The van der Waals surface area contributed by atoms with E-state index in [1.165, 1.54) is 25.7 Å². The second kappa shape index (κ2) is 7.93. The van der Waals surface area contributed by atoms with Crippen molar-refractivity contribution >= 4 is 0 Å². The number of allylic oxidation sites excluding steroid dienone is 2. The van der Waals surface area contributed by atoms with Gasteiger partial charge in [0.05, 0.1) is 6.61 Å². The molecule has 3 aliphatic rings. The van der Waals surface area contributed by atoms with Crippen LogP contribution in [0.2, 0.25) is 0 Å². The third-order valence-electron chi connectivity index (χ3n) is 7.61. The summed E-state index contributed by atoms with van der Waals surface area (Å²) < 4.78 is 34.0. The van der Waals surface area contributed by atoms with E-state index in [1.807, 2.05) is 0 Å². The van der Waals surface area contributed by atoms with E-state index in [4.69, 9.17) is 4.74 Å². The molecule has 0 heterocycles. The standard InChI is InChI=1S/C24H32F2O/c1-3-15-9-10-21-18(15)11-12-19(21)16-5-7-17(8-6-16)20-13-14-22(27-4-2)24(26)23(20)25/h9,13-14,16-19,21H,3-8,10-12H2,1-2H3. The lowest BCUT2D eigenvalue weighted by Crippen LogP contribution is -2.25. The van der Waals surface area contributed by atoms with Gasteiger partial charge in [0, 0.05) is 0 Å². The molecule has 0 bridgehead atoms. The zero-order valence-electron chi connectivity index (χ0n) is 16.6. The molecule has 3 aliphatic carbocycles. The fraction of sp³-hybridized carbons (Fsp3) is 0.667. The SMILES string of the molecule is CCOc1ccc(C2CCC(C3CCC4C(CC)=CCC43)CC2)c(F)c1F. The Kier molecular flexibility index (Phi) is 5.57. The van der Waals surface area contributed by atoms with Crippen molar-refractivity contribution in [3.05, 3.63) is 41.0 Å². The zero-order valence-corrected chi connectivity index (χ0v) is 16.6. The predicted octanol–water partition coefficient (Wildman–Crippen LogP) is 7.02. The molecule has 1 nitrogen and oxygen atoms in total. The van der Waals surface area contributed by atoms with Crippen molar-refractivity contribution in [3.8, 4) is 5.75 Å². The Morgan fingerprint density at radius 1 is 0.926 bits per heavy atom. The molecule has 3 heteroatoms. The molecular weight excluding hydrogens is 342 g/mol. The Morgan fingerprint density at radius 3 is 2.41 bits per heavy atom. The highest BCUT2D eigenvalue weighted by Crippen LogP contribution is 2.54. The van der Waals surface area contributed by atoms with Crippen molar-refractivity contribution in [2.75, 3.05) is 6.61 Å². The number of ether oxygens (including phenoxy) is 1. The Hall–Kier alpha value is -1.38. The molecule has 2 saturated carbocycles. The van der Waals surface area contributed by atoms with E-state index in [1.54, 1.807) is 24.6 Å². The van der Waals surface area contributed by atoms with Crippen LogP contribution >= 0.6 is 0 Å². The van der Waals surface area contributed by atoms with Gasteiger partial charge < -0.3 is 4.74 Å². The van der Waals surface area contributed by atoms with Crippen LogP contribution in [0, 0.1) is 35.3 Å². The molecule has 0 radical (unpaired) electrons. The van der Waals surface area contributed by atoms with E-state index < -0.39 is 11.6 Å². The Labute approximate surface area is 162 Å². The fourth-order valence-corrected chi connectivity index (χ4v) is 6.32. The van der Waals surface area contributed by atoms with E-state index in [2.05, 4.69) is 13.0 Å². The molecule has 2 fully saturated rings. The summed E-state index contributed by atoms with van der Waals surface area (Å²) in [5.74, 6) is 1.99. The predicted molar refractivity (Wildman–Crippen MR) is 105 cm³/mol. The lowest BCUT2D eigenvalue weighted by molar-refractivity contribution is 0.184. The smallest absolute Gasteiger partial charge is 0.200 e. The highest BCUT2D eigenvalue weighted by molar-refractivity contribution is 5.33. The summed E-state index contributed by atoms with van der Waals surface area (Å²) in [4.78, 5) is 0. The van der Waals surface area contributed by atoms with Crippen LogP contribution in [0.25, 0.3) is 0 Å². The van der Waals surface area contributed by atoms with Crippen LogP contribution in [-0.2, 0) is 0 Å². The van der Waals surface area contributed by atoms with Gasteiger partial charge in [0.2, 0.25) is 5.82 Å². The lowest BCUT2D eigenvalue weighted by Gasteiger charge is -2.35. The molecule has 0 aromatic heterocycles. The minimum Gasteiger partial charge on any atom is -0.491 e. The van der Waals surface area contributed by atoms with Crippen molar-refractivity contribution < 1.29 is 13.5 Å². The van der Waals surface area contributed by atoms with Gasteiger partial charge in [-0.1, -0.05) is 24.6 Å². The molecule has 3 unspecified atom stereocenters. The van der Waals surface area contributed by atoms with Gasteiger partial charge in [-0.3, -0.25) is 0 Å². The average Bonchev–Trinajstić information content (AvgIpc) is 3.28. The molecule has 27 heavy (non-hydrogen) atoms. The van der Waals surface area contributed by atoms with Gasteiger partial charge in [-0.15, -0.1) is 0 Å². The first-order valence-electron chi connectivity index (χ1n) is 10.9. The number of rotatable bonds is 5. The topological polar surface area (TPSA) is 9.23 Å². The van der Waals surface area contributed by atoms with Crippen LogP contribution in [0.3, 0.4) is 0 Å². The number of fused-ring (bicyclic) bond motifs is 1. The summed E-state index contributed by atoms with van der Waals surface area (Å²) in [7, 11) is 0. The maximum atomic E-state index is 14.6. The van der Waals surface area contributed by atoms with Crippen molar-refractivity contribution in [2.45, 2.75) is 71.1 Å². The van der Waals surface area contributed by atoms with E-state index in [9.17, 15) is 8.78 Å². The Morgan fingerprint density at radius 2 is 1.70 bits per heavy atom. The minimum atomic E-state index is -0.820. The number of benzene rings is 1. The summed E-state index contributed by atoms with van der Waals surface area (Å²) in [6.45, 7) is 4.42. The van der Waals surface area contributed by atoms with Crippen LogP contribution in [0.15, 0.2) is 23.8 Å². The van der Waals surface area contributed by atoms with Crippen molar-refractivity contribution in [2.24, 2.45) is 23.7 Å². The summed E-state index contributed by atoms with van der Waals surface area (Å²) in [5.41, 5.74) is 2.25. The second-order valence-corrected chi connectivity index (χ2v) is 8.71. The van der Waals surface area contributed by atoms with Crippen LogP contribution in [-0.4, -0.2) is 6.61 Å². The molecule has 0 saturated heterocycles. The molecule has 4 rings (SSSR count).